The molecule has 3 aliphatic carbocycles. The number of aromatic nitrogens is 3. The molecule has 6 aliphatic heterocycles. The minimum absolute atomic E-state index is 0.168. The Bertz CT molecular complexity index is 4310. The molecule has 9 heterocycles. The van der Waals surface area contributed by atoms with Crippen LogP contribution in [0, 0.1) is 35.5 Å². The summed E-state index contributed by atoms with van der Waals surface area (Å²) < 4.78 is 11.7. The number of hydrogen-bond donors (Lipinski definition) is 2. The van der Waals surface area contributed by atoms with E-state index in [1.165, 1.54) is 55.8 Å². The fraction of sp³-hybridized carbons (Fsp3) is 0.548. The van der Waals surface area contributed by atoms with E-state index >= 15 is 0 Å². The number of hydrogen-bond acceptors (Lipinski definition) is 10. The third-order valence-electron chi connectivity index (χ3n) is 24.4. The molecule has 9 aliphatic rings. The number of nitrogens with two attached hydrogens (primary N) is 1. The van der Waals surface area contributed by atoms with Crippen LogP contribution in [0.5, 0.6) is 0 Å². The fourth-order valence-corrected chi connectivity index (χ4v) is 23.3. The minimum Gasteiger partial charge on any atom is -0.444 e. The van der Waals surface area contributed by atoms with Gasteiger partial charge >= 0.3 is 12.1 Å². The SMILES string of the molecule is CC(C)(C)OC(=O)N1CCC(CC(=O)N2CCC([C@H]3c4ncc(Br)cc4CCc4cc(Cl)cc(Br)c43)CC2)CC1.NC(=O)N1CCC(CC(=O)N2CCC([C@H]3c4ncc(Br)cc4CCc4cc(Cl)cc(Br)c43)CC2)CC1.O=C(CC1CCNCC1)N1CCC([C@H]2c3ncc(Br)cc3CCc3cc(Cl)cc(Br)c32)CC1. The zero-order chi connectivity index (χ0) is 76.9. The van der Waals surface area contributed by atoms with Crippen LogP contribution in [-0.2, 0) is 57.6 Å². The molecule has 6 aromatic rings. The molecular formula is C84H99Br6Cl3N10O6. The number of ether oxygens (including phenoxy) is 1. The number of halogens is 9. The molecule has 0 bridgehead atoms. The maximum atomic E-state index is 13.3. The number of aryl methyl sites for hydroxylation is 6. The van der Waals surface area contributed by atoms with Gasteiger partial charge in [0.15, 0.2) is 0 Å². The molecule has 6 saturated heterocycles. The normalized spacial score (nSPS) is 21.1. The Kier molecular flexibility index (Phi) is 28.2. The summed E-state index contributed by atoms with van der Waals surface area (Å²) in [4.78, 5) is 87.7. The second-order valence-electron chi connectivity index (χ2n) is 32.5. The number of amides is 6. The Balaban J connectivity index is 0.000000145. The smallest absolute Gasteiger partial charge is 0.410 e. The second-order valence-corrected chi connectivity index (χ2v) is 39.2. The Morgan fingerprint density at radius 3 is 1.00 bits per heavy atom. The number of pyridine rings is 3. The van der Waals surface area contributed by atoms with Crippen LogP contribution in [0.1, 0.15) is 202 Å². The predicted octanol–water partition coefficient (Wildman–Crippen LogP) is 19.8. The lowest BCUT2D eigenvalue weighted by Crippen LogP contribution is -2.44. The first-order chi connectivity index (χ1) is 52.3. The number of nitrogens with one attached hydrogen (secondary N) is 1. The molecule has 109 heavy (non-hydrogen) atoms. The summed E-state index contributed by atoms with van der Waals surface area (Å²) in [5.41, 5.74) is 20.1. The minimum atomic E-state index is -0.493. The summed E-state index contributed by atoms with van der Waals surface area (Å²) in [5, 5.41) is 5.68. The first-order valence-electron chi connectivity index (χ1n) is 39.2. The number of urea groups is 1. The standard InChI is InChI=1S/C31H38Br2ClN3O3.C27H31Br2ClN4O2.C26H30Br2ClN3O/c1-31(2,3)40-30(39)37-10-6-19(7-11-37)14-26(38)36-12-8-20(9-13-36)28-27-21(16-24(34)17-25(27)33)4-5-22-15-23(32)18-35-29(22)28;28-20-12-19-2-1-18-13-21(30)14-22(29)24(18)25(26(19)32-15-20)17-5-9-33(10-6-17)23(35)11-16-3-7-34(8-4-16)27(31)36;27-20-12-19-2-1-18-13-21(29)14-22(28)24(18)25(26(19)31-15-20)17-5-9-32(10-6-17)23(33)11-16-3-7-30-8-4-16/h15-20,28H,4-14H2,1-3H3;12-17,25H,1-11H2,(H2,31,36);12-17,25,30H,1-11H2/t28-;2*25-/m111/s1. The lowest BCUT2D eigenvalue weighted by molar-refractivity contribution is -0.134. The van der Waals surface area contributed by atoms with Crippen molar-refractivity contribution < 1.29 is 28.7 Å². The summed E-state index contributed by atoms with van der Waals surface area (Å²) in [7, 11) is 0. The van der Waals surface area contributed by atoms with Crippen molar-refractivity contribution in [2.24, 2.45) is 41.2 Å². The number of piperidine rings is 6. The van der Waals surface area contributed by atoms with Crippen molar-refractivity contribution in [3.05, 3.63) is 182 Å². The highest BCUT2D eigenvalue weighted by molar-refractivity contribution is 9.11. The molecule has 3 aromatic heterocycles. The Labute approximate surface area is 708 Å². The molecule has 0 unspecified atom stereocenters. The number of carbonyl (C=O) groups excluding carboxylic acids is 5. The molecule has 3 N–H and O–H groups in total. The molecular weight excluding hydrogens is 1830 g/mol. The molecule has 3 atom stereocenters. The van der Waals surface area contributed by atoms with Gasteiger partial charge in [-0.2, -0.15) is 0 Å². The van der Waals surface area contributed by atoms with Crippen LogP contribution in [0.4, 0.5) is 9.59 Å². The largest absolute Gasteiger partial charge is 0.444 e. The van der Waals surface area contributed by atoms with Gasteiger partial charge in [-0.15, -0.1) is 0 Å². The zero-order valence-corrected chi connectivity index (χ0v) is 74.2. The summed E-state index contributed by atoms with van der Waals surface area (Å²) in [6.07, 6.45) is 24.4. The number of likely N-dealkylation sites (tertiary alicyclic amines) is 5. The third-order valence-corrected chi connectivity index (χ3v) is 28.3. The second kappa shape index (κ2) is 37.1. The Hall–Kier alpha value is -4.23. The van der Waals surface area contributed by atoms with Gasteiger partial charge in [-0.3, -0.25) is 29.3 Å². The van der Waals surface area contributed by atoms with Crippen LogP contribution >= 0.6 is 130 Å². The molecule has 0 radical (unpaired) electrons. The molecule has 584 valence electrons. The number of benzene rings is 3. The quantitative estimate of drug-likeness (QED) is 0.141. The molecule has 3 aromatic carbocycles. The first-order valence-corrected chi connectivity index (χ1v) is 45.1. The van der Waals surface area contributed by atoms with E-state index < -0.39 is 5.60 Å². The van der Waals surface area contributed by atoms with Crippen molar-refractivity contribution in [1.29, 1.82) is 0 Å². The Morgan fingerprint density at radius 2 is 0.697 bits per heavy atom. The van der Waals surface area contributed by atoms with Crippen molar-refractivity contribution in [1.82, 2.24) is 44.8 Å². The van der Waals surface area contributed by atoms with Gasteiger partial charge in [0.1, 0.15) is 5.60 Å². The molecule has 25 heteroatoms. The number of nitrogens with zero attached hydrogens (tertiary/aromatic N) is 8. The molecule has 6 fully saturated rings. The predicted molar refractivity (Wildman–Crippen MR) is 453 cm³/mol. The zero-order valence-electron chi connectivity index (χ0n) is 62.5. The van der Waals surface area contributed by atoms with Crippen LogP contribution in [0.25, 0.3) is 0 Å². The van der Waals surface area contributed by atoms with Gasteiger partial charge in [0.05, 0.1) is 17.1 Å². The molecule has 16 nitrogen and oxygen atoms in total. The van der Waals surface area contributed by atoms with E-state index in [-0.39, 0.29) is 41.7 Å². The van der Waals surface area contributed by atoms with Crippen molar-refractivity contribution in [3.8, 4) is 0 Å². The first kappa shape index (κ1) is 82.7. The van der Waals surface area contributed by atoms with Crippen molar-refractivity contribution in [3.63, 3.8) is 0 Å². The van der Waals surface area contributed by atoms with E-state index in [4.69, 9.17) is 60.2 Å². The average Bonchev–Trinajstić information content (AvgIpc) is 1.74. The van der Waals surface area contributed by atoms with E-state index in [0.29, 0.717) is 86.9 Å². The highest BCUT2D eigenvalue weighted by Crippen LogP contribution is 2.51. The van der Waals surface area contributed by atoms with E-state index in [1.807, 2.05) is 62.5 Å². The van der Waals surface area contributed by atoms with E-state index in [9.17, 15) is 24.0 Å². The van der Waals surface area contributed by atoms with Gasteiger partial charge in [-0.1, -0.05) is 82.6 Å². The lowest BCUT2D eigenvalue weighted by atomic mass is 9.76. The molecule has 0 spiro atoms. The van der Waals surface area contributed by atoms with Crippen LogP contribution < -0.4 is 11.1 Å². The van der Waals surface area contributed by atoms with Gasteiger partial charge in [-0.25, -0.2) is 9.59 Å². The molecule has 6 amide bonds. The van der Waals surface area contributed by atoms with E-state index in [1.54, 1.807) is 9.80 Å². The summed E-state index contributed by atoms with van der Waals surface area (Å²) in [5.74, 6) is 3.81. The van der Waals surface area contributed by atoms with Crippen LogP contribution in [0.3, 0.4) is 0 Å². The summed E-state index contributed by atoms with van der Waals surface area (Å²) in [6.45, 7) is 15.1. The van der Waals surface area contributed by atoms with Crippen molar-refractivity contribution in [2.75, 3.05) is 78.5 Å². The monoisotopic (exact) mass is 1920 g/mol. The van der Waals surface area contributed by atoms with Crippen molar-refractivity contribution >= 4 is 160 Å². The van der Waals surface area contributed by atoms with E-state index in [0.717, 1.165) is 221 Å². The summed E-state index contributed by atoms with van der Waals surface area (Å²) in [6, 6.07) is 18.7. The van der Waals surface area contributed by atoms with Crippen LogP contribution in [0.15, 0.2) is 100 Å². The lowest BCUT2D eigenvalue weighted by Gasteiger charge is -2.38. The fourth-order valence-electron chi connectivity index (χ4n) is 18.8. The average molecular weight is 1930 g/mol. The number of rotatable bonds is 9. The number of primary amides is 1. The van der Waals surface area contributed by atoms with Gasteiger partial charge in [0.2, 0.25) is 17.7 Å². The van der Waals surface area contributed by atoms with Crippen LogP contribution in [0.2, 0.25) is 15.1 Å². The molecule has 15 rings (SSSR count). The van der Waals surface area contributed by atoms with Crippen molar-refractivity contribution in [2.45, 2.75) is 179 Å². The highest BCUT2D eigenvalue weighted by atomic mass is 79.9. The third kappa shape index (κ3) is 20.5. The maximum Gasteiger partial charge on any atom is 0.410 e. The highest BCUT2D eigenvalue weighted by Gasteiger charge is 2.42. The van der Waals surface area contributed by atoms with Crippen LogP contribution in [-0.4, -0.2) is 153 Å². The van der Waals surface area contributed by atoms with Gasteiger partial charge in [-0.05, 0) is 337 Å². The topological polar surface area (TPSA) is 188 Å². The molecule has 0 saturated carbocycles. The summed E-state index contributed by atoms with van der Waals surface area (Å²) >= 11 is 41.7. The number of fused-ring (bicyclic) bond motifs is 6. The number of carbonyl (C=O) groups is 5. The van der Waals surface area contributed by atoms with E-state index in [2.05, 4.69) is 147 Å². The Morgan fingerprint density at radius 1 is 0.413 bits per heavy atom. The van der Waals surface area contributed by atoms with Gasteiger partial charge < -0.3 is 40.3 Å². The maximum absolute atomic E-state index is 13.3. The van der Waals surface area contributed by atoms with Gasteiger partial charge in [0, 0.05) is 163 Å². The van der Waals surface area contributed by atoms with Gasteiger partial charge in [0.25, 0.3) is 0 Å².